The summed E-state index contributed by atoms with van der Waals surface area (Å²) in [6, 6.07) is 0.319. The number of hydrogen-bond acceptors (Lipinski definition) is 3. The summed E-state index contributed by atoms with van der Waals surface area (Å²) in [5, 5.41) is 6.42. The molecule has 0 aromatic heterocycles. The highest BCUT2D eigenvalue weighted by molar-refractivity contribution is 5.77. The molecule has 20 heavy (non-hydrogen) atoms. The molecule has 2 aliphatic carbocycles. The molecule has 3 fully saturated rings. The summed E-state index contributed by atoms with van der Waals surface area (Å²) in [4.78, 5) is 12.2. The van der Waals surface area contributed by atoms with Crippen LogP contribution >= 0.6 is 0 Å². The van der Waals surface area contributed by atoms with E-state index < -0.39 is 0 Å². The van der Waals surface area contributed by atoms with Crippen LogP contribution in [0.5, 0.6) is 0 Å². The number of carbonyl (C=O) groups excluding carboxylic acids is 1. The van der Waals surface area contributed by atoms with Gasteiger partial charge in [-0.15, -0.1) is 0 Å². The molecule has 114 valence electrons. The number of ether oxygens (including phenoxy) is 1. The van der Waals surface area contributed by atoms with E-state index in [1.807, 2.05) is 0 Å². The molecule has 3 aliphatic rings. The van der Waals surface area contributed by atoms with Crippen LogP contribution in [0.15, 0.2) is 0 Å². The summed E-state index contributed by atoms with van der Waals surface area (Å²) < 4.78 is 5.73. The van der Waals surface area contributed by atoms with Crippen molar-refractivity contribution >= 4 is 5.91 Å². The van der Waals surface area contributed by atoms with Crippen LogP contribution in [0.4, 0.5) is 0 Å². The molecule has 3 atom stereocenters. The fourth-order valence-corrected chi connectivity index (χ4v) is 4.48. The van der Waals surface area contributed by atoms with E-state index in [1.54, 1.807) is 0 Å². The van der Waals surface area contributed by atoms with Crippen molar-refractivity contribution in [3.63, 3.8) is 0 Å². The maximum Gasteiger partial charge on any atom is 0.246 e. The first kappa shape index (κ1) is 14.3. The Hall–Kier alpha value is -0.610. The first-order valence-electron chi connectivity index (χ1n) is 7.91. The van der Waals surface area contributed by atoms with Gasteiger partial charge in [0.2, 0.25) is 5.91 Å². The van der Waals surface area contributed by atoms with E-state index in [0.29, 0.717) is 11.5 Å². The Morgan fingerprint density at radius 1 is 1.30 bits per heavy atom. The molecule has 3 rings (SSSR count). The van der Waals surface area contributed by atoms with E-state index in [1.165, 1.54) is 12.8 Å². The second-order valence-electron chi connectivity index (χ2n) is 8.07. The lowest BCUT2D eigenvalue weighted by atomic mass is 9.69. The van der Waals surface area contributed by atoms with Crippen molar-refractivity contribution in [1.82, 2.24) is 10.6 Å². The molecule has 0 aromatic rings. The van der Waals surface area contributed by atoms with Crippen molar-refractivity contribution in [3.05, 3.63) is 0 Å². The Morgan fingerprint density at radius 3 is 2.45 bits per heavy atom. The second-order valence-corrected chi connectivity index (χ2v) is 8.07. The number of nitrogens with one attached hydrogen (secondary N) is 2. The molecule has 2 N–H and O–H groups in total. The SMILES string of the molecule is CC1(OCC(=O)NC2CC3CCC2(C)C3(C)C)CNC1. The number of amides is 1. The van der Waals surface area contributed by atoms with Crippen molar-refractivity contribution in [2.75, 3.05) is 19.7 Å². The lowest BCUT2D eigenvalue weighted by molar-refractivity contribution is -0.137. The van der Waals surface area contributed by atoms with E-state index in [9.17, 15) is 4.79 Å². The molecule has 1 amide bonds. The summed E-state index contributed by atoms with van der Waals surface area (Å²) in [6.07, 6.45) is 3.68. The number of hydrogen-bond donors (Lipinski definition) is 2. The maximum atomic E-state index is 12.2. The summed E-state index contributed by atoms with van der Waals surface area (Å²) in [5.74, 6) is 0.805. The fraction of sp³-hybridized carbons (Fsp3) is 0.938. The minimum atomic E-state index is -0.144. The van der Waals surface area contributed by atoms with Crippen LogP contribution in [0, 0.1) is 16.7 Å². The van der Waals surface area contributed by atoms with Gasteiger partial charge >= 0.3 is 0 Å². The Bertz CT molecular complexity index is 417. The number of fused-ring (bicyclic) bond motifs is 2. The van der Waals surface area contributed by atoms with Crippen molar-refractivity contribution < 1.29 is 9.53 Å². The zero-order valence-electron chi connectivity index (χ0n) is 13.2. The smallest absolute Gasteiger partial charge is 0.246 e. The van der Waals surface area contributed by atoms with Crippen LogP contribution in [-0.2, 0) is 9.53 Å². The Labute approximate surface area is 122 Å². The normalized spacial score (nSPS) is 40.4. The van der Waals surface area contributed by atoms with E-state index in [-0.39, 0.29) is 23.5 Å². The lowest BCUT2D eigenvalue weighted by Crippen LogP contribution is -2.60. The van der Waals surface area contributed by atoms with Crippen LogP contribution in [0.25, 0.3) is 0 Å². The maximum absolute atomic E-state index is 12.2. The Kier molecular flexibility index (Phi) is 3.18. The van der Waals surface area contributed by atoms with Gasteiger partial charge in [0.25, 0.3) is 0 Å². The van der Waals surface area contributed by atoms with Gasteiger partial charge in [0.15, 0.2) is 0 Å². The third-order valence-corrected chi connectivity index (χ3v) is 6.68. The Balaban J connectivity index is 1.55. The van der Waals surface area contributed by atoms with Crippen LogP contribution in [0.1, 0.15) is 47.0 Å². The Morgan fingerprint density at radius 2 is 2.00 bits per heavy atom. The molecule has 4 nitrogen and oxygen atoms in total. The summed E-state index contributed by atoms with van der Waals surface area (Å²) in [7, 11) is 0. The largest absolute Gasteiger partial charge is 0.363 e. The first-order chi connectivity index (χ1) is 9.27. The van der Waals surface area contributed by atoms with Gasteiger partial charge in [-0.25, -0.2) is 0 Å². The molecule has 0 spiro atoms. The summed E-state index contributed by atoms with van der Waals surface area (Å²) in [5.41, 5.74) is 0.445. The topological polar surface area (TPSA) is 50.4 Å². The monoisotopic (exact) mass is 280 g/mol. The standard InChI is InChI=1S/C16H28N2O2/c1-14(2)11-5-6-16(14,4)12(7-11)18-13(19)8-20-15(3)9-17-10-15/h11-12,17H,5-10H2,1-4H3,(H,18,19). The minimum Gasteiger partial charge on any atom is -0.363 e. The highest BCUT2D eigenvalue weighted by Gasteiger charge is 2.61. The molecule has 2 bridgehead atoms. The quantitative estimate of drug-likeness (QED) is 0.824. The predicted octanol–water partition coefficient (Wildman–Crippen LogP) is 1.70. The van der Waals surface area contributed by atoms with Gasteiger partial charge in [-0.05, 0) is 42.9 Å². The molecule has 2 saturated carbocycles. The van der Waals surface area contributed by atoms with Crippen LogP contribution < -0.4 is 10.6 Å². The van der Waals surface area contributed by atoms with E-state index in [0.717, 1.165) is 25.4 Å². The molecule has 1 aliphatic heterocycles. The van der Waals surface area contributed by atoms with Crippen LogP contribution in [0.3, 0.4) is 0 Å². The van der Waals surface area contributed by atoms with Gasteiger partial charge in [0.1, 0.15) is 6.61 Å². The highest BCUT2D eigenvalue weighted by atomic mass is 16.5. The van der Waals surface area contributed by atoms with Crippen molar-refractivity contribution in [3.8, 4) is 0 Å². The fourth-order valence-electron chi connectivity index (χ4n) is 4.48. The van der Waals surface area contributed by atoms with Gasteiger partial charge in [0.05, 0.1) is 5.60 Å². The molecule has 0 radical (unpaired) electrons. The third kappa shape index (κ3) is 2.00. The number of carbonyl (C=O) groups is 1. The van der Waals surface area contributed by atoms with Gasteiger partial charge in [-0.1, -0.05) is 20.8 Å². The second kappa shape index (κ2) is 4.44. The molecule has 3 unspecified atom stereocenters. The number of rotatable bonds is 4. The minimum absolute atomic E-state index is 0.0488. The molecule has 4 heteroatoms. The van der Waals surface area contributed by atoms with E-state index in [2.05, 4.69) is 38.3 Å². The molecular formula is C16H28N2O2. The predicted molar refractivity (Wildman–Crippen MR) is 78.4 cm³/mol. The molecule has 1 saturated heterocycles. The highest BCUT2D eigenvalue weighted by Crippen LogP contribution is 2.65. The van der Waals surface area contributed by atoms with E-state index >= 15 is 0 Å². The van der Waals surface area contributed by atoms with Gasteiger partial charge in [-0.2, -0.15) is 0 Å². The zero-order valence-corrected chi connectivity index (χ0v) is 13.2. The first-order valence-corrected chi connectivity index (χ1v) is 7.91. The zero-order chi connectivity index (χ0) is 14.6. The van der Waals surface area contributed by atoms with Crippen molar-refractivity contribution in [2.24, 2.45) is 16.7 Å². The average Bonchev–Trinajstić information content (AvgIpc) is 2.67. The summed E-state index contributed by atoms with van der Waals surface area (Å²) >= 11 is 0. The summed E-state index contributed by atoms with van der Waals surface area (Å²) in [6.45, 7) is 11.0. The lowest BCUT2D eigenvalue weighted by Gasteiger charge is -2.40. The van der Waals surface area contributed by atoms with E-state index in [4.69, 9.17) is 4.74 Å². The van der Waals surface area contributed by atoms with Crippen molar-refractivity contribution in [1.29, 1.82) is 0 Å². The van der Waals surface area contributed by atoms with Gasteiger partial charge in [0, 0.05) is 19.1 Å². The van der Waals surface area contributed by atoms with Crippen LogP contribution in [0.2, 0.25) is 0 Å². The molecular weight excluding hydrogens is 252 g/mol. The molecule has 0 aromatic carbocycles. The van der Waals surface area contributed by atoms with Crippen LogP contribution in [-0.4, -0.2) is 37.2 Å². The van der Waals surface area contributed by atoms with Crippen molar-refractivity contribution in [2.45, 2.75) is 58.6 Å². The average molecular weight is 280 g/mol. The van der Waals surface area contributed by atoms with Gasteiger partial charge < -0.3 is 15.4 Å². The molecule has 1 heterocycles. The third-order valence-electron chi connectivity index (χ3n) is 6.68. The van der Waals surface area contributed by atoms with Gasteiger partial charge in [-0.3, -0.25) is 4.79 Å².